The third-order valence-electron chi connectivity index (χ3n) is 9.95. The lowest BCUT2D eigenvalue weighted by Gasteiger charge is -2.47. The maximum atomic E-state index is 13.8. The minimum Gasteiger partial charge on any atom is -0.380 e. The Hall–Kier alpha value is -3.36. The average molecular weight is 665 g/mol. The zero-order valence-corrected chi connectivity index (χ0v) is 26.5. The Balaban J connectivity index is 1.08. The number of hydrogen-bond donors (Lipinski definition) is 1. The van der Waals surface area contributed by atoms with E-state index >= 15 is 0 Å². The minimum atomic E-state index is -4.92. The number of aliphatic imine (C=N–C) groups is 1. The van der Waals surface area contributed by atoms with Gasteiger partial charge in [-0.3, -0.25) is 14.6 Å². The van der Waals surface area contributed by atoms with Crippen molar-refractivity contribution in [3.63, 3.8) is 0 Å². The lowest BCUT2D eigenvalue weighted by molar-refractivity contribution is -0.140. The molecule has 0 unspecified atom stereocenters. The summed E-state index contributed by atoms with van der Waals surface area (Å²) in [5.74, 6) is -2.25. The van der Waals surface area contributed by atoms with Gasteiger partial charge in [0.1, 0.15) is 17.2 Å². The van der Waals surface area contributed by atoms with Gasteiger partial charge in [-0.05, 0) is 93.0 Å². The molecule has 248 valence electrons. The Kier molecular flexibility index (Phi) is 8.29. The van der Waals surface area contributed by atoms with E-state index in [0.29, 0.717) is 30.8 Å². The average Bonchev–Trinajstić information content (AvgIpc) is 3.30. The highest BCUT2D eigenvalue weighted by Crippen LogP contribution is 2.39. The Morgan fingerprint density at radius 3 is 2.20 bits per heavy atom. The highest BCUT2D eigenvalue weighted by molar-refractivity contribution is 7.89. The molecule has 4 aliphatic heterocycles. The summed E-state index contributed by atoms with van der Waals surface area (Å²) in [4.78, 5) is 32.4. The number of carbonyl (C=O) groups is 2. The van der Waals surface area contributed by atoms with Crippen molar-refractivity contribution < 1.29 is 40.3 Å². The Bertz CT molecular complexity index is 1680. The number of amides is 2. The molecule has 14 heteroatoms. The fourth-order valence-corrected chi connectivity index (χ4v) is 8.39. The zero-order valence-electron chi connectivity index (χ0n) is 25.7. The van der Waals surface area contributed by atoms with E-state index < -0.39 is 39.0 Å². The highest BCUT2D eigenvalue weighted by atomic mass is 32.2. The molecule has 0 aliphatic carbocycles. The van der Waals surface area contributed by atoms with Crippen LogP contribution in [0.4, 0.5) is 17.6 Å². The van der Waals surface area contributed by atoms with Gasteiger partial charge in [0.25, 0.3) is 11.8 Å². The number of nitrogens with one attached hydrogen (secondary N) is 1. The lowest BCUT2D eigenvalue weighted by Crippen LogP contribution is -2.52. The third-order valence-corrected chi connectivity index (χ3v) is 11.8. The molecule has 0 aromatic heterocycles. The molecular weight excluding hydrogens is 628 g/mol. The maximum Gasteiger partial charge on any atom is 0.419 e. The number of rotatable bonds is 6. The molecule has 2 amide bonds. The molecule has 0 saturated carbocycles. The van der Waals surface area contributed by atoms with Crippen molar-refractivity contribution in [3.05, 3.63) is 69.5 Å². The van der Waals surface area contributed by atoms with Crippen molar-refractivity contribution in [2.45, 2.75) is 57.7 Å². The second kappa shape index (κ2) is 11.7. The SMILES string of the molecule is Cc1cc(C(=O)N2CCC3(CC2)COC3)cc(C)c1CCS(=O)(=O)N1CCC2(CC1)N=C(c1ccc(F)c(C(F)(F)F)c1)NC2=O. The Morgan fingerprint density at radius 2 is 1.63 bits per heavy atom. The van der Waals surface area contributed by atoms with Crippen molar-refractivity contribution in [1.29, 1.82) is 0 Å². The summed E-state index contributed by atoms with van der Waals surface area (Å²) in [5, 5.41) is 2.50. The summed E-state index contributed by atoms with van der Waals surface area (Å²) in [6.07, 6.45) is -2.71. The zero-order chi connectivity index (χ0) is 33.1. The number of aryl methyl sites for hydroxylation is 2. The van der Waals surface area contributed by atoms with E-state index in [4.69, 9.17) is 4.74 Å². The van der Waals surface area contributed by atoms with Crippen LogP contribution in [-0.4, -0.2) is 86.0 Å². The summed E-state index contributed by atoms with van der Waals surface area (Å²) in [6.45, 7) is 6.69. The number of likely N-dealkylation sites (tertiary alicyclic amines) is 1. The van der Waals surface area contributed by atoms with Gasteiger partial charge in [-0.1, -0.05) is 0 Å². The van der Waals surface area contributed by atoms with E-state index in [2.05, 4.69) is 10.3 Å². The van der Waals surface area contributed by atoms with E-state index in [1.807, 2.05) is 30.9 Å². The van der Waals surface area contributed by atoms with Crippen molar-refractivity contribution in [2.24, 2.45) is 10.4 Å². The van der Waals surface area contributed by atoms with Crippen LogP contribution in [0.5, 0.6) is 0 Å². The molecule has 2 aromatic rings. The molecule has 46 heavy (non-hydrogen) atoms. The minimum absolute atomic E-state index is 0.0123. The second-order valence-electron chi connectivity index (χ2n) is 13.0. The summed E-state index contributed by atoms with van der Waals surface area (Å²) in [6, 6.07) is 6.04. The van der Waals surface area contributed by atoms with Crippen molar-refractivity contribution >= 4 is 27.7 Å². The van der Waals surface area contributed by atoms with Gasteiger partial charge in [0.2, 0.25) is 10.0 Å². The van der Waals surface area contributed by atoms with Crippen LogP contribution in [0.3, 0.4) is 0 Å². The number of alkyl halides is 3. The predicted octanol–water partition coefficient (Wildman–Crippen LogP) is 4.00. The molecule has 3 fully saturated rings. The van der Waals surface area contributed by atoms with E-state index in [1.165, 1.54) is 4.31 Å². The van der Waals surface area contributed by atoms with E-state index in [1.54, 1.807) is 0 Å². The number of nitrogens with zero attached hydrogens (tertiary/aromatic N) is 3. The van der Waals surface area contributed by atoms with E-state index in [9.17, 15) is 35.6 Å². The van der Waals surface area contributed by atoms with Crippen molar-refractivity contribution in [3.8, 4) is 0 Å². The van der Waals surface area contributed by atoms with E-state index in [0.717, 1.165) is 48.8 Å². The first-order valence-corrected chi connectivity index (χ1v) is 17.0. The van der Waals surface area contributed by atoms with Crippen LogP contribution < -0.4 is 5.32 Å². The predicted molar refractivity (Wildman–Crippen MR) is 161 cm³/mol. The number of carbonyl (C=O) groups excluding carboxylic acids is 2. The largest absolute Gasteiger partial charge is 0.419 e. The number of halogens is 4. The molecule has 0 atom stereocenters. The topological polar surface area (TPSA) is 108 Å². The van der Waals surface area contributed by atoms with Crippen LogP contribution in [-0.2, 0) is 32.2 Å². The first-order chi connectivity index (χ1) is 21.6. The number of benzene rings is 2. The third kappa shape index (κ3) is 6.06. The van der Waals surface area contributed by atoms with Crippen LogP contribution in [0, 0.1) is 25.1 Å². The summed E-state index contributed by atoms with van der Waals surface area (Å²) in [7, 11) is -3.72. The fourth-order valence-electron chi connectivity index (χ4n) is 6.93. The number of piperidine rings is 2. The number of sulfonamides is 1. The quantitative estimate of drug-likeness (QED) is 0.470. The van der Waals surface area contributed by atoms with Gasteiger partial charge in [-0.25, -0.2) is 17.1 Å². The Labute approximate surface area is 265 Å². The first kappa shape index (κ1) is 32.6. The molecule has 0 radical (unpaired) electrons. The normalized spacial score (nSPS) is 21.3. The number of hydrogen-bond acceptors (Lipinski definition) is 6. The van der Waals surface area contributed by atoms with Crippen LogP contribution in [0.2, 0.25) is 0 Å². The number of ether oxygens (including phenoxy) is 1. The van der Waals surface area contributed by atoms with Gasteiger partial charge >= 0.3 is 6.18 Å². The molecule has 9 nitrogen and oxygen atoms in total. The molecular formula is C32H36F4N4O5S. The van der Waals surface area contributed by atoms with Gasteiger partial charge in [0.05, 0.1) is 24.5 Å². The van der Waals surface area contributed by atoms with Gasteiger partial charge in [-0.15, -0.1) is 0 Å². The molecule has 1 N–H and O–H groups in total. The van der Waals surface area contributed by atoms with E-state index in [-0.39, 0.29) is 60.8 Å². The molecule has 6 rings (SSSR count). The van der Waals surface area contributed by atoms with Crippen LogP contribution in [0.1, 0.15) is 63.9 Å². The molecule has 3 saturated heterocycles. The van der Waals surface area contributed by atoms with Gasteiger partial charge < -0.3 is 15.0 Å². The van der Waals surface area contributed by atoms with Gasteiger partial charge in [0, 0.05) is 42.7 Å². The molecule has 4 aliphatic rings. The van der Waals surface area contributed by atoms with Crippen molar-refractivity contribution in [2.75, 3.05) is 45.1 Å². The standard InChI is InChI=1S/C32H36F4N4O5S/c1-20-15-23(28(41)39-10-6-30(7-11-39)18-45-19-30)16-21(2)24(20)5-14-46(43,44)40-12-8-31(9-13-40)29(42)37-27(38-31)22-3-4-26(33)25(17-22)32(34,35)36/h3-4,15-17H,5-14,18-19H2,1-2H3,(H,37,38,42). The lowest BCUT2D eigenvalue weighted by atomic mass is 9.77. The monoisotopic (exact) mass is 664 g/mol. The smallest absolute Gasteiger partial charge is 0.380 e. The number of amidine groups is 1. The molecule has 0 bridgehead atoms. The van der Waals surface area contributed by atoms with Gasteiger partial charge in [-0.2, -0.15) is 13.2 Å². The summed E-state index contributed by atoms with van der Waals surface area (Å²) in [5.41, 5.74) is 0.501. The summed E-state index contributed by atoms with van der Waals surface area (Å²) >= 11 is 0. The Morgan fingerprint density at radius 1 is 1.00 bits per heavy atom. The molecule has 4 heterocycles. The van der Waals surface area contributed by atoms with Crippen LogP contribution in [0.25, 0.3) is 0 Å². The maximum absolute atomic E-state index is 13.8. The second-order valence-corrected chi connectivity index (χ2v) is 15.1. The van der Waals surface area contributed by atoms with Gasteiger partial charge in [0.15, 0.2) is 0 Å². The van der Waals surface area contributed by atoms with Crippen LogP contribution >= 0.6 is 0 Å². The first-order valence-electron chi connectivity index (χ1n) is 15.3. The van der Waals surface area contributed by atoms with Crippen LogP contribution in [0.15, 0.2) is 35.3 Å². The summed E-state index contributed by atoms with van der Waals surface area (Å²) < 4.78 is 86.8. The fraction of sp³-hybridized carbons (Fsp3) is 0.531. The molecule has 2 spiro atoms. The highest BCUT2D eigenvalue weighted by Gasteiger charge is 2.48. The molecule has 2 aromatic carbocycles. The van der Waals surface area contributed by atoms with Crippen molar-refractivity contribution in [1.82, 2.24) is 14.5 Å².